The largest absolute Gasteiger partial charge is 0.396 e. The summed E-state index contributed by atoms with van der Waals surface area (Å²) >= 11 is 0. The van der Waals surface area contributed by atoms with Gasteiger partial charge in [0.1, 0.15) is 0 Å². The van der Waals surface area contributed by atoms with E-state index in [2.05, 4.69) is 5.84 Å². The number of nitrogens with zero attached hydrogens (tertiary/aromatic N) is 1. The first kappa shape index (κ1) is 13.2. The third-order valence-electron chi connectivity index (χ3n) is 1.63. The molecule has 5 nitrogen and oxygen atoms in total. The number of carbonyl (C=O) groups excluding carboxylic acids is 1. The van der Waals surface area contributed by atoms with E-state index in [0.29, 0.717) is 13.0 Å². The number of amides is 1. The van der Waals surface area contributed by atoms with Gasteiger partial charge in [0.05, 0.1) is 6.54 Å². The van der Waals surface area contributed by atoms with Crippen molar-refractivity contribution in [3.63, 3.8) is 0 Å². The molecule has 84 valence electrons. The molecule has 0 aliphatic heterocycles. The van der Waals surface area contributed by atoms with Gasteiger partial charge in [-0.3, -0.25) is 10.2 Å². The predicted molar refractivity (Wildman–Crippen MR) is 46.5 cm³/mol. The van der Waals surface area contributed by atoms with Crippen LogP contribution < -0.4 is 11.3 Å². The second-order valence-corrected chi connectivity index (χ2v) is 2.99. The van der Waals surface area contributed by atoms with Gasteiger partial charge in [0.2, 0.25) is 0 Å². The Labute approximate surface area is 80.8 Å². The van der Waals surface area contributed by atoms with E-state index < -0.39 is 18.4 Å². The maximum atomic E-state index is 12.9. The minimum Gasteiger partial charge on any atom is -0.396 e. The molecule has 0 fully saturated rings. The number of rotatable bonds is 6. The number of halogens is 2. The highest BCUT2D eigenvalue weighted by atomic mass is 19.3. The van der Waals surface area contributed by atoms with Crippen LogP contribution in [0.4, 0.5) is 8.78 Å². The number of carbonyl (C=O) groups is 1. The molecule has 0 atom stereocenters. The fraction of sp³-hybridized carbons (Fsp3) is 0.857. The maximum absolute atomic E-state index is 12.9. The molecular formula is C7H15F2N3O2. The van der Waals surface area contributed by atoms with Crippen molar-refractivity contribution in [1.82, 2.24) is 10.3 Å². The van der Waals surface area contributed by atoms with E-state index in [1.807, 2.05) is 0 Å². The summed E-state index contributed by atoms with van der Waals surface area (Å²) < 4.78 is 25.8. The molecule has 0 unspecified atom stereocenters. The number of alkyl halides is 2. The lowest BCUT2D eigenvalue weighted by Gasteiger charge is -2.21. The smallest absolute Gasteiger partial charge is 0.338 e. The zero-order valence-electron chi connectivity index (χ0n) is 7.96. The lowest BCUT2D eigenvalue weighted by Crippen LogP contribution is -2.49. The summed E-state index contributed by atoms with van der Waals surface area (Å²) in [7, 11) is 1.44. The van der Waals surface area contributed by atoms with Gasteiger partial charge in [0.15, 0.2) is 0 Å². The molecule has 0 rings (SSSR count). The summed E-state index contributed by atoms with van der Waals surface area (Å²) in [6.45, 7) is -0.487. The molecule has 0 aliphatic rings. The van der Waals surface area contributed by atoms with Crippen LogP contribution in [0.3, 0.4) is 0 Å². The number of hydrazine groups is 1. The highest BCUT2D eigenvalue weighted by Gasteiger charge is 2.39. The molecule has 0 saturated carbocycles. The summed E-state index contributed by atoms with van der Waals surface area (Å²) in [6, 6.07) is 0. The molecule has 0 saturated heterocycles. The van der Waals surface area contributed by atoms with Gasteiger partial charge in [0, 0.05) is 13.2 Å². The fourth-order valence-electron chi connectivity index (χ4n) is 0.936. The van der Waals surface area contributed by atoms with E-state index in [-0.39, 0.29) is 6.61 Å². The van der Waals surface area contributed by atoms with Crippen molar-refractivity contribution in [1.29, 1.82) is 0 Å². The molecule has 4 N–H and O–H groups in total. The first-order valence-corrected chi connectivity index (χ1v) is 4.12. The summed E-state index contributed by atoms with van der Waals surface area (Å²) in [5.74, 6) is -0.411. The Bertz CT molecular complexity index is 190. The zero-order chi connectivity index (χ0) is 11.2. The van der Waals surface area contributed by atoms with E-state index in [1.54, 1.807) is 0 Å². The number of hydrogen-bond donors (Lipinski definition) is 3. The van der Waals surface area contributed by atoms with Crippen LogP contribution in [0.15, 0.2) is 0 Å². The summed E-state index contributed by atoms with van der Waals surface area (Å²) in [4.78, 5) is 11.8. The molecule has 0 spiro atoms. The van der Waals surface area contributed by atoms with Gasteiger partial charge in [-0.1, -0.05) is 0 Å². The van der Waals surface area contributed by atoms with Crippen molar-refractivity contribution in [3.8, 4) is 0 Å². The van der Waals surface area contributed by atoms with Gasteiger partial charge in [-0.15, -0.1) is 0 Å². The minimum atomic E-state index is -3.50. The van der Waals surface area contributed by atoms with Crippen LogP contribution in [-0.4, -0.2) is 48.6 Å². The summed E-state index contributed by atoms with van der Waals surface area (Å²) in [5, 5.41) is 8.46. The van der Waals surface area contributed by atoms with Gasteiger partial charge in [0.25, 0.3) is 0 Å². The van der Waals surface area contributed by atoms with Crippen molar-refractivity contribution in [2.45, 2.75) is 12.3 Å². The van der Waals surface area contributed by atoms with Crippen LogP contribution in [0.5, 0.6) is 0 Å². The van der Waals surface area contributed by atoms with Gasteiger partial charge >= 0.3 is 11.8 Å². The first-order chi connectivity index (χ1) is 6.44. The zero-order valence-corrected chi connectivity index (χ0v) is 7.96. The topological polar surface area (TPSA) is 78.6 Å². The van der Waals surface area contributed by atoms with Gasteiger partial charge in [-0.25, -0.2) is 5.84 Å². The van der Waals surface area contributed by atoms with Crippen LogP contribution in [0, 0.1) is 0 Å². The van der Waals surface area contributed by atoms with E-state index >= 15 is 0 Å². The van der Waals surface area contributed by atoms with Crippen LogP contribution >= 0.6 is 0 Å². The fourth-order valence-corrected chi connectivity index (χ4v) is 0.936. The third-order valence-corrected chi connectivity index (χ3v) is 1.63. The van der Waals surface area contributed by atoms with E-state index in [4.69, 9.17) is 5.11 Å². The number of nitrogens with one attached hydrogen (secondary N) is 1. The normalized spacial score (nSPS) is 11.9. The average molecular weight is 211 g/mol. The lowest BCUT2D eigenvalue weighted by atomic mass is 10.3. The van der Waals surface area contributed by atoms with Crippen molar-refractivity contribution in [3.05, 3.63) is 0 Å². The molecule has 0 aliphatic carbocycles. The monoisotopic (exact) mass is 211 g/mol. The minimum absolute atomic E-state index is 0.0704. The number of hydrogen-bond acceptors (Lipinski definition) is 4. The highest BCUT2D eigenvalue weighted by Crippen LogP contribution is 2.14. The molecule has 0 radical (unpaired) electrons. The molecule has 1 amide bonds. The lowest BCUT2D eigenvalue weighted by molar-refractivity contribution is -0.147. The Morgan fingerprint density at radius 2 is 2.21 bits per heavy atom. The van der Waals surface area contributed by atoms with Gasteiger partial charge in [-0.2, -0.15) is 8.78 Å². The molecule has 0 heterocycles. The quantitative estimate of drug-likeness (QED) is 0.297. The van der Waals surface area contributed by atoms with Crippen molar-refractivity contribution < 1.29 is 18.7 Å². The Kier molecular flexibility index (Phi) is 5.51. The Hall–Kier alpha value is -0.790. The van der Waals surface area contributed by atoms with Crippen molar-refractivity contribution in [2.75, 3.05) is 26.7 Å². The Morgan fingerprint density at radius 3 is 2.64 bits per heavy atom. The Balaban J connectivity index is 4.01. The van der Waals surface area contributed by atoms with Crippen LogP contribution in [0.2, 0.25) is 0 Å². The predicted octanol–water partition coefficient (Wildman–Crippen LogP) is -1.07. The van der Waals surface area contributed by atoms with Crippen LogP contribution in [0.1, 0.15) is 6.42 Å². The molecule has 0 bridgehead atoms. The average Bonchev–Trinajstić information content (AvgIpc) is 2.12. The van der Waals surface area contributed by atoms with Crippen LogP contribution in [0.25, 0.3) is 0 Å². The third kappa shape index (κ3) is 4.45. The molecule has 0 aromatic rings. The van der Waals surface area contributed by atoms with Crippen LogP contribution in [-0.2, 0) is 4.79 Å². The first-order valence-electron chi connectivity index (χ1n) is 4.12. The number of nitrogens with two attached hydrogens (primary N) is 1. The molecule has 7 heteroatoms. The maximum Gasteiger partial charge on any atom is 0.338 e. The second kappa shape index (κ2) is 5.84. The summed E-state index contributed by atoms with van der Waals surface area (Å²) in [5.41, 5.74) is 1.40. The van der Waals surface area contributed by atoms with Gasteiger partial charge in [-0.05, 0) is 13.5 Å². The van der Waals surface area contributed by atoms with Gasteiger partial charge < -0.3 is 10.0 Å². The number of aliphatic hydroxyl groups excluding tert-OH is 1. The standard InChI is InChI=1S/C7H15F2N3O2/c1-12(3-2-4-13)5-7(8,9)6(14)11-10/h13H,2-5,10H2,1H3,(H,11,14). The van der Waals surface area contributed by atoms with E-state index in [1.165, 1.54) is 17.4 Å². The van der Waals surface area contributed by atoms with E-state index in [9.17, 15) is 13.6 Å². The Morgan fingerprint density at radius 1 is 1.64 bits per heavy atom. The SMILES string of the molecule is CN(CCCO)CC(F)(F)C(=O)NN. The highest BCUT2D eigenvalue weighted by molar-refractivity contribution is 5.82. The van der Waals surface area contributed by atoms with E-state index in [0.717, 1.165) is 0 Å². The molecular weight excluding hydrogens is 196 g/mol. The molecule has 0 aromatic heterocycles. The second-order valence-electron chi connectivity index (χ2n) is 2.99. The molecule has 0 aromatic carbocycles. The van der Waals surface area contributed by atoms with Crippen molar-refractivity contribution in [2.24, 2.45) is 5.84 Å². The molecule has 14 heavy (non-hydrogen) atoms. The summed E-state index contributed by atoms with van der Waals surface area (Å²) in [6.07, 6.45) is 0.386. The van der Waals surface area contributed by atoms with Crippen molar-refractivity contribution >= 4 is 5.91 Å². The number of aliphatic hydroxyl groups is 1.